The van der Waals surface area contributed by atoms with Crippen LogP contribution in [-0.4, -0.2) is 24.6 Å². The molecule has 106 valence electrons. The Kier molecular flexibility index (Phi) is 3.99. The van der Waals surface area contributed by atoms with Crippen molar-refractivity contribution >= 4 is 15.5 Å². The number of halogens is 1. The highest BCUT2D eigenvalue weighted by Gasteiger charge is 2.11. The average molecular weight is 295 g/mol. The Morgan fingerprint density at radius 2 is 2.00 bits per heavy atom. The minimum absolute atomic E-state index is 0.0457. The zero-order valence-corrected chi connectivity index (χ0v) is 11.9. The molecular weight excluding hydrogens is 281 g/mol. The topological polar surface area (TPSA) is 72.0 Å². The number of sulfone groups is 1. The lowest BCUT2D eigenvalue weighted by Gasteiger charge is -2.08. The number of anilines is 1. The van der Waals surface area contributed by atoms with Crippen LogP contribution in [0.3, 0.4) is 0 Å². The maximum absolute atomic E-state index is 13.8. The Balaban J connectivity index is 2.12. The minimum atomic E-state index is -3.40. The lowest BCUT2D eigenvalue weighted by molar-refractivity contribution is 0.596. The fourth-order valence-electron chi connectivity index (χ4n) is 1.57. The molecule has 0 radical (unpaired) electrons. The molecule has 2 rings (SSSR count). The van der Waals surface area contributed by atoms with E-state index in [1.165, 1.54) is 12.1 Å². The monoisotopic (exact) mass is 295 g/mol. The molecule has 20 heavy (non-hydrogen) atoms. The Bertz CT molecular complexity index is 715. The highest BCUT2D eigenvalue weighted by atomic mass is 32.2. The molecule has 0 saturated heterocycles. The Hall–Kier alpha value is -2.02. The summed E-state index contributed by atoms with van der Waals surface area (Å²) in [6.07, 6.45) is 4.27. The lowest BCUT2D eigenvalue weighted by Crippen LogP contribution is -2.05. The van der Waals surface area contributed by atoms with E-state index in [9.17, 15) is 12.8 Å². The molecule has 0 aliphatic heterocycles. The van der Waals surface area contributed by atoms with Gasteiger partial charge in [0.05, 0.1) is 34.7 Å². The standard InChI is InChI=1S/C13H14FN3O2S/c1-9-6-16-10(7-15-9)8-17-13-4-3-11(5-12(13)14)20(2,18)19/h3-7,17H,8H2,1-2H3. The molecule has 5 nitrogen and oxygen atoms in total. The Morgan fingerprint density at radius 1 is 1.25 bits per heavy atom. The zero-order valence-electron chi connectivity index (χ0n) is 11.1. The first kappa shape index (κ1) is 14.4. The first-order chi connectivity index (χ1) is 9.36. The summed E-state index contributed by atoms with van der Waals surface area (Å²) in [6, 6.07) is 3.76. The molecule has 1 aromatic heterocycles. The van der Waals surface area contributed by atoms with Gasteiger partial charge in [0.2, 0.25) is 0 Å². The van der Waals surface area contributed by atoms with Crippen molar-refractivity contribution in [1.29, 1.82) is 0 Å². The summed E-state index contributed by atoms with van der Waals surface area (Å²) in [5.41, 5.74) is 1.69. The van der Waals surface area contributed by atoms with Crippen LogP contribution in [0.4, 0.5) is 10.1 Å². The summed E-state index contributed by atoms with van der Waals surface area (Å²) in [6.45, 7) is 2.14. The van der Waals surface area contributed by atoms with Crippen LogP contribution in [0.2, 0.25) is 0 Å². The molecule has 1 heterocycles. The quantitative estimate of drug-likeness (QED) is 0.933. The highest BCUT2D eigenvalue weighted by molar-refractivity contribution is 7.90. The van der Waals surface area contributed by atoms with E-state index in [2.05, 4.69) is 15.3 Å². The Morgan fingerprint density at radius 3 is 2.55 bits per heavy atom. The smallest absolute Gasteiger partial charge is 0.175 e. The first-order valence-electron chi connectivity index (χ1n) is 5.87. The van der Waals surface area contributed by atoms with Gasteiger partial charge in [0.1, 0.15) is 5.82 Å². The molecule has 0 saturated carbocycles. The van der Waals surface area contributed by atoms with Crippen molar-refractivity contribution < 1.29 is 12.8 Å². The summed E-state index contributed by atoms with van der Waals surface area (Å²) in [4.78, 5) is 8.18. The van der Waals surface area contributed by atoms with Crippen molar-refractivity contribution in [2.75, 3.05) is 11.6 Å². The minimum Gasteiger partial charge on any atom is -0.377 e. The number of hydrogen-bond acceptors (Lipinski definition) is 5. The number of aryl methyl sites for hydroxylation is 1. The maximum atomic E-state index is 13.8. The highest BCUT2D eigenvalue weighted by Crippen LogP contribution is 2.19. The maximum Gasteiger partial charge on any atom is 0.175 e. The molecule has 2 aromatic rings. The van der Waals surface area contributed by atoms with Crippen molar-refractivity contribution in [2.45, 2.75) is 18.4 Å². The van der Waals surface area contributed by atoms with E-state index in [0.29, 0.717) is 12.2 Å². The number of nitrogens with one attached hydrogen (secondary N) is 1. The second-order valence-electron chi connectivity index (χ2n) is 4.42. The number of nitrogens with zero attached hydrogens (tertiary/aromatic N) is 2. The molecule has 0 bridgehead atoms. The van der Waals surface area contributed by atoms with E-state index in [0.717, 1.165) is 18.0 Å². The molecule has 0 aliphatic rings. The predicted molar refractivity (Wildman–Crippen MR) is 73.6 cm³/mol. The summed E-state index contributed by atoms with van der Waals surface area (Å²) >= 11 is 0. The van der Waals surface area contributed by atoms with Crippen molar-refractivity contribution in [2.24, 2.45) is 0 Å². The van der Waals surface area contributed by atoms with E-state index in [4.69, 9.17) is 0 Å². The third kappa shape index (κ3) is 3.51. The molecule has 0 spiro atoms. The largest absolute Gasteiger partial charge is 0.377 e. The van der Waals surface area contributed by atoms with Gasteiger partial charge >= 0.3 is 0 Å². The molecular formula is C13H14FN3O2S. The predicted octanol–water partition coefficient (Wildman–Crippen LogP) is 1.94. The molecule has 0 aliphatic carbocycles. The van der Waals surface area contributed by atoms with Gasteiger partial charge in [-0.3, -0.25) is 9.97 Å². The van der Waals surface area contributed by atoms with Gasteiger partial charge in [0, 0.05) is 12.5 Å². The average Bonchev–Trinajstić information content (AvgIpc) is 2.38. The van der Waals surface area contributed by atoms with Gasteiger partial charge < -0.3 is 5.32 Å². The van der Waals surface area contributed by atoms with Gasteiger partial charge in [-0.05, 0) is 25.1 Å². The summed E-state index contributed by atoms with van der Waals surface area (Å²) < 4.78 is 36.4. The third-order valence-electron chi connectivity index (χ3n) is 2.66. The van der Waals surface area contributed by atoms with Crippen LogP contribution < -0.4 is 5.32 Å². The van der Waals surface area contributed by atoms with Gasteiger partial charge in [-0.2, -0.15) is 0 Å². The van der Waals surface area contributed by atoms with Crippen LogP contribution >= 0.6 is 0 Å². The van der Waals surface area contributed by atoms with Crippen molar-refractivity contribution in [3.05, 3.63) is 47.8 Å². The van der Waals surface area contributed by atoms with E-state index in [1.54, 1.807) is 12.4 Å². The van der Waals surface area contributed by atoms with Gasteiger partial charge in [0.25, 0.3) is 0 Å². The van der Waals surface area contributed by atoms with Crippen LogP contribution in [0.1, 0.15) is 11.4 Å². The molecule has 0 fully saturated rings. The molecule has 1 aromatic carbocycles. The van der Waals surface area contributed by atoms with E-state index >= 15 is 0 Å². The van der Waals surface area contributed by atoms with E-state index in [-0.39, 0.29) is 10.6 Å². The normalized spacial score (nSPS) is 11.3. The van der Waals surface area contributed by atoms with Crippen LogP contribution in [0.25, 0.3) is 0 Å². The summed E-state index contributed by atoms with van der Waals surface area (Å²) in [7, 11) is -3.40. The molecule has 7 heteroatoms. The van der Waals surface area contributed by atoms with Crippen LogP contribution in [0, 0.1) is 12.7 Å². The fourth-order valence-corrected chi connectivity index (χ4v) is 2.20. The SMILES string of the molecule is Cc1cnc(CNc2ccc(S(C)(=O)=O)cc2F)cn1. The first-order valence-corrected chi connectivity index (χ1v) is 7.76. The zero-order chi connectivity index (χ0) is 14.8. The van der Waals surface area contributed by atoms with Gasteiger partial charge in [0.15, 0.2) is 9.84 Å². The van der Waals surface area contributed by atoms with Crippen molar-refractivity contribution in [1.82, 2.24) is 9.97 Å². The molecule has 0 unspecified atom stereocenters. The van der Waals surface area contributed by atoms with Crippen LogP contribution in [-0.2, 0) is 16.4 Å². The lowest BCUT2D eigenvalue weighted by atomic mass is 10.3. The molecule has 0 atom stereocenters. The number of benzene rings is 1. The van der Waals surface area contributed by atoms with Gasteiger partial charge in [-0.1, -0.05) is 0 Å². The van der Waals surface area contributed by atoms with Crippen molar-refractivity contribution in [3.63, 3.8) is 0 Å². The van der Waals surface area contributed by atoms with Crippen molar-refractivity contribution in [3.8, 4) is 0 Å². The van der Waals surface area contributed by atoms with E-state index in [1.807, 2.05) is 6.92 Å². The number of aromatic nitrogens is 2. The number of hydrogen-bond donors (Lipinski definition) is 1. The fraction of sp³-hybridized carbons (Fsp3) is 0.231. The Labute approximate surface area is 116 Å². The molecule has 1 N–H and O–H groups in total. The third-order valence-corrected chi connectivity index (χ3v) is 3.77. The second-order valence-corrected chi connectivity index (χ2v) is 6.43. The number of rotatable bonds is 4. The van der Waals surface area contributed by atoms with Gasteiger partial charge in [-0.25, -0.2) is 12.8 Å². The van der Waals surface area contributed by atoms with Crippen LogP contribution in [0.5, 0.6) is 0 Å². The summed E-state index contributed by atoms with van der Waals surface area (Å²) in [5, 5.41) is 2.86. The second kappa shape index (κ2) is 5.54. The molecule has 0 amide bonds. The summed E-state index contributed by atoms with van der Waals surface area (Å²) in [5.74, 6) is -0.618. The van der Waals surface area contributed by atoms with E-state index < -0.39 is 15.7 Å². The van der Waals surface area contributed by atoms with Gasteiger partial charge in [-0.15, -0.1) is 0 Å². The van der Waals surface area contributed by atoms with Crippen LogP contribution in [0.15, 0.2) is 35.5 Å².